The van der Waals surface area contributed by atoms with Crippen LogP contribution in [0, 0.1) is 17.0 Å². The van der Waals surface area contributed by atoms with E-state index < -0.39 is 39.0 Å². The number of methoxy groups -OCH3 is 1. The molecule has 4 rings (SSSR count). The van der Waals surface area contributed by atoms with Gasteiger partial charge in [-0.05, 0) is 56.2 Å². The minimum absolute atomic E-state index is 0.211. The van der Waals surface area contributed by atoms with Crippen molar-refractivity contribution < 1.29 is 27.6 Å². The van der Waals surface area contributed by atoms with Crippen LogP contribution in [-0.4, -0.2) is 38.5 Å². The van der Waals surface area contributed by atoms with Gasteiger partial charge in [0.25, 0.3) is 15.7 Å². The predicted molar refractivity (Wildman–Crippen MR) is 151 cm³/mol. The number of benzene rings is 3. The van der Waals surface area contributed by atoms with E-state index in [1.807, 2.05) is 38.1 Å². The molecule has 1 N–H and O–H groups in total. The molecule has 1 heterocycles. The maximum atomic E-state index is 13.9. The van der Waals surface area contributed by atoms with Gasteiger partial charge in [-0.3, -0.25) is 19.2 Å². The summed E-state index contributed by atoms with van der Waals surface area (Å²) >= 11 is 0. The molecule has 0 radical (unpaired) electrons. The van der Waals surface area contributed by atoms with Crippen molar-refractivity contribution >= 4 is 27.3 Å². The summed E-state index contributed by atoms with van der Waals surface area (Å²) in [6.45, 7) is 5.06. The van der Waals surface area contributed by atoms with Crippen LogP contribution in [0.15, 0.2) is 71.6 Å². The van der Waals surface area contributed by atoms with Crippen molar-refractivity contribution in [2.24, 2.45) is 0 Å². The Morgan fingerprint density at radius 3 is 2.42 bits per heavy atom. The molecule has 0 saturated heterocycles. The van der Waals surface area contributed by atoms with Gasteiger partial charge in [0.1, 0.15) is 23.6 Å². The summed E-state index contributed by atoms with van der Waals surface area (Å²) in [6, 6.07) is 17.0. The standard InChI is InChI=1S/C29H33N3O7S/c1-5-29(6-2)18-25(24-9-7-8-10-27(24)39-29)30-28(33)19-31(21-12-14-22(38-4)15-13-21)40(36,37)23-16-11-20(3)26(17-23)32(34)35/h7-17,25H,5-6,18-19H2,1-4H3,(H,30,33)/t25-/m1/s1. The Kier molecular flexibility index (Phi) is 8.34. The maximum Gasteiger partial charge on any atom is 0.273 e. The van der Waals surface area contributed by atoms with Crippen LogP contribution in [0.2, 0.25) is 0 Å². The number of ether oxygens (including phenoxy) is 2. The zero-order valence-electron chi connectivity index (χ0n) is 22.9. The molecule has 1 aliphatic rings. The van der Waals surface area contributed by atoms with Gasteiger partial charge in [0, 0.05) is 23.6 Å². The SMILES string of the molecule is CCC1(CC)C[C@@H](NC(=O)CN(c2ccc(OC)cc2)S(=O)(=O)c2ccc(C)c([N+](=O)[O-])c2)c2ccccc2O1. The molecule has 0 saturated carbocycles. The van der Waals surface area contributed by atoms with Crippen molar-refractivity contribution in [2.75, 3.05) is 18.0 Å². The average molecular weight is 568 g/mol. The van der Waals surface area contributed by atoms with E-state index in [0.29, 0.717) is 23.5 Å². The molecule has 0 aromatic heterocycles. The van der Waals surface area contributed by atoms with Crippen molar-refractivity contribution in [3.05, 3.63) is 88.0 Å². The fourth-order valence-corrected chi connectivity index (χ4v) is 6.38. The molecule has 0 spiro atoms. The zero-order valence-corrected chi connectivity index (χ0v) is 23.7. The lowest BCUT2D eigenvalue weighted by Gasteiger charge is -2.41. The second kappa shape index (κ2) is 11.5. The van der Waals surface area contributed by atoms with Gasteiger partial charge >= 0.3 is 0 Å². The number of nitro benzene ring substituents is 1. The Hall–Kier alpha value is -4.12. The summed E-state index contributed by atoms with van der Waals surface area (Å²) in [5, 5.41) is 14.5. The van der Waals surface area contributed by atoms with E-state index in [-0.39, 0.29) is 16.3 Å². The Balaban J connectivity index is 1.70. The van der Waals surface area contributed by atoms with Crippen LogP contribution in [0.25, 0.3) is 0 Å². The summed E-state index contributed by atoms with van der Waals surface area (Å²) in [6.07, 6.45) is 2.01. The number of anilines is 1. The second-order valence-electron chi connectivity index (χ2n) is 9.77. The topological polar surface area (TPSA) is 128 Å². The number of carbonyl (C=O) groups is 1. The van der Waals surface area contributed by atoms with Gasteiger partial charge in [0.15, 0.2) is 0 Å². The van der Waals surface area contributed by atoms with Crippen LogP contribution in [-0.2, 0) is 14.8 Å². The van der Waals surface area contributed by atoms with Crippen LogP contribution < -0.4 is 19.1 Å². The summed E-state index contributed by atoms with van der Waals surface area (Å²) in [7, 11) is -2.89. The van der Waals surface area contributed by atoms with Gasteiger partial charge in [0.05, 0.1) is 28.7 Å². The van der Waals surface area contributed by atoms with Crippen molar-refractivity contribution in [3.8, 4) is 11.5 Å². The highest BCUT2D eigenvalue weighted by atomic mass is 32.2. The number of aryl methyl sites for hydroxylation is 1. The van der Waals surface area contributed by atoms with Gasteiger partial charge in [0.2, 0.25) is 5.91 Å². The highest BCUT2D eigenvalue weighted by Gasteiger charge is 2.39. The van der Waals surface area contributed by atoms with E-state index in [1.54, 1.807) is 12.1 Å². The minimum Gasteiger partial charge on any atom is -0.497 e. The van der Waals surface area contributed by atoms with Gasteiger partial charge in [-0.2, -0.15) is 0 Å². The summed E-state index contributed by atoms with van der Waals surface area (Å²) in [4.78, 5) is 24.1. The van der Waals surface area contributed by atoms with E-state index in [4.69, 9.17) is 9.47 Å². The molecule has 3 aromatic rings. The molecular weight excluding hydrogens is 534 g/mol. The molecule has 11 heteroatoms. The zero-order chi connectivity index (χ0) is 29.1. The highest BCUT2D eigenvalue weighted by molar-refractivity contribution is 7.92. The lowest BCUT2D eigenvalue weighted by Crippen LogP contribution is -2.47. The molecule has 40 heavy (non-hydrogen) atoms. The first-order valence-electron chi connectivity index (χ1n) is 13.0. The normalized spacial score (nSPS) is 15.8. The summed E-state index contributed by atoms with van der Waals surface area (Å²) in [5.74, 6) is 0.670. The summed E-state index contributed by atoms with van der Waals surface area (Å²) in [5.41, 5.74) is 0.569. The number of fused-ring (bicyclic) bond motifs is 1. The van der Waals surface area contributed by atoms with Crippen LogP contribution >= 0.6 is 0 Å². The predicted octanol–water partition coefficient (Wildman–Crippen LogP) is 5.31. The van der Waals surface area contributed by atoms with Gasteiger partial charge in [-0.25, -0.2) is 8.42 Å². The van der Waals surface area contributed by atoms with Gasteiger partial charge in [-0.15, -0.1) is 0 Å². The monoisotopic (exact) mass is 567 g/mol. The van der Waals surface area contributed by atoms with E-state index in [9.17, 15) is 23.3 Å². The number of hydrogen-bond acceptors (Lipinski definition) is 7. The fourth-order valence-electron chi connectivity index (χ4n) is 4.94. The van der Waals surface area contributed by atoms with Crippen molar-refractivity contribution in [1.82, 2.24) is 5.32 Å². The third-order valence-corrected chi connectivity index (χ3v) is 9.20. The molecule has 0 aliphatic carbocycles. The highest BCUT2D eigenvalue weighted by Crippen LogP contribution is 2.42. The Labute approximate surface area is 234 Å². The third-order valence-electron chi connectivity index (χ3n) is 7.43. The number of rotatable bonds is 10. The Bertz CT molecular complexity index is 1500. The molecule has 10 nitrogen and oxygen atoms in total. The molecular formula is C29H33N3O7S. The fraction of sp³-hybridized carbons (Fsp3) is 0.345. The molecule has 212 valence electrons. The number of hydrogen-bond donors (Lipinski definition) is 1. The van der Waals surface area contributed by atoms with Crippen LogP contribution in [0.1, 0.15) is 50.3 Å². The largest absolute Gasteiger partial charge is 0.497 e. The third kappa shape index (κ3) is 5.74. The lowest BCUT2D eigenvalue weighted by molar-refractivity contribution is -0.385. The quantitative estimate of drug-likeness (QED) is 0.260. The van der Waals surface area contributed by atoms with Crippen molar-refractivity contribution in [2.45, 2.75) is 56.6 Å². The number of nitrogens with one attached hydrogen (secondary N) is 1. The van der Waals surface area contributed by atoms with Crippen LogP contribution in [0.5, 0.6) is 11.5 Å². The number of sulfonamides is 1. The number of nitrogens with zero attached hydrogens (tertiary/aromatic N) is 2. The van der Waals surface area contributed by atoms with Crippen molar-refractivity contribution in [3.63, 3.8) is 0 Å². The number of nitro groups is 1. The van der Waals surface area contributed by atoms with Crippen LogP contribution in [0.3, 0.4) is 0 Å². The summed E-state index contributed by atoms with van der Waals surface area (Å²) < 4.78 is 40.2. The number of para-hydroxylation sites is 1. The smallest absolute Gasteiger partial charge is 0.273 e. The van der Waals surface area contributed by atoms with E-state index in [1.165, 1.54) is 38.3 Å². The van der Waals surface area contributed by atoms with E-state index in [2.05, 4.69) is 5.32 Å². The van der Waals surface area contributed by atoms with E-state index in [0.717, 1.165) is 28.8 Å². The lowest BCUT2D eigenvalue weighted by atomic mass is 9.83. The first-order chi connectivity index (χ1) is 19.0. The van der Waals surface area contributed by atoms with E-state index >= 15 is 0 Å². The Morgan fingerprint density at radius 1 is 1.12 bits per heavy atom. The van der Waals surface area contributed by atoms with Gasteiger partial charge in [-0.1, -0.05) is 38.1 Å². The minimum atomic E-state index is -4.37. The average Bonchev–Trinajstić information content (AvgIpc) is 2.95. The van der Waals surface area contributed by atoms with Crippen molar-refractivity contribution in [1.29, 1.82) is 0 Å². The van der Waals surface area contributed by atoms with Crippen LogP contribution in [0.4, 0.5) is 11.4 Å². The molecule has 1 atom stereocenters. The molecule has 3 aromatic carbocycles. The molecule has 1 amide bonds. The molecule has 0 unspecified atom stereocenters. The number of carbonyl (C=O) groups excluding carboxylic acids is 1. The number of amides is 1. The molecule has 1 aliphatic heterocycles. The first kappa shape index (κ1) is 28.9. The maximum absolute atomic E-state index is 13.9. The first-order valence-corrected chi connectivity index (χ1v) is 14.5. The molecule has 0 fully saturated rings. The Morgan fingerprint density at radius 2 is 1.80 bits per heavy atom. The second-order valence-corrected chi connectivity index (χ2v) is 11.6. The van der Waals surface area contributed by atoms with Gasteiger partial charge < -0.3 is 14.8 Å². The molecule has 0 bridgehead atoms.